The van der Waals surface area contributed by atoms with Crippen molar-refractivity contribution in [1.82, 2.24) is 9.21 Å². The fourth-order valence-corrected chi connectivity index (χ4v) is 7.63. The molecule has 1 aromatic rings. The number of rotatable bonds is 5. The van der Waals surface area contributed by atoms with Crippen LogP contribution in [0, 0.1) is 0 Å². The van der Waals surface area contributed by atoms with Crippen molar-refractivity contribution in [2.24, 2.45) is 0 Å². The minimum absolute atomic E-state index is 0.00177. The van der Waals surface area contributed by atoms with E-state index in [-0.39, 0.29) is 21.6 Å². The molecule has 170 valence electrons. The zero-order chi connectivity index (χ0) is 22.4. The van der Waals surface area contributed by atoms with Crippen molar-refractivity contribution >= 4 is 45.0 Å². The van der Waals surface area contributed by atoms with Crippen LogP contribution in [-0.4, -0.2) is 73.3 Å². The highest BCUT2D eigenvalue weighted by Gasteiger charge is 2.53. The zero-order valence-corrected chi connectivity index (χ0v) is 19.9. The smallest absolute Gasteiger partial charge is 0.248 e. The second kappa shape index (κ2) is 8.29. The Bertz CT molecular complexity index is 991. The van der Waals surface area contributed by atoms with E-state index in [0.717, 1.165) is 25.7 Å². The monoisotopic (exact) mass is 466 g/mol. The molecule has 31 heavy (non-hydrogen) atoms. The Balaban J connectivity index is 1.62. The van der Waals surface area contributed by atoms with Gasteiger partial charge in [-0.05, 0) is 44.4 Å². The number of thioether (sulfide) groups is 1. The number of benzene rings is 1. The maximum atomic E-state index is 13.2. The minimum atomic E-state index is -3.62. The molecule has 3 fully saturated rings. The van der Waals surface area contributed by atoms with Crippen molar-refractivity contribution in [2.45, 2.75) is 54.8 Å². The number of nitrogens with one attached hydrogen (secondary N) is 1. The Morgan fingerprint density at radius 3 is 2.61 bits per heavy atom. The summed E-state index contributed by atoms with van der Waals surface area (Å²) in [7, 11) is 0.0673. The largest absolute Gasteiger partial charge is 0.376 e. The van der Waals surface area contributed by atoms with Crippen LogP contribution in [-0.2, 0) is 19.6 Å². The molecule has 2 amide bonds. The number of hydrogen-bond donors (Lipinski definition) is 1. The number of nitrogens with zero attached hydrogens (tertiary/aromatic N) is 3. The number of anilines is 2. The van der Waals surface area contributed by atoms with Gasteiger partial charge in [-0.3, -0.25) is 9.59 Å². The van der Waals surface area contributed by atoms with Gasteiger partial charge in [0.1, 0.15) is 6.04 Å². The predicted octanol–water partition coefficient (Wildman–Crippen LogP) is 2.32. The molecule has 8 nitrogen and oxygen atoms in total. The molecule has 3 aliphatic rings. The van der Waals surface area contributed by atoms with E-state index in [1.165, 1.54) is 4.31 Å². The van der Waals surface area contributed by atoms with Gasteiger partial charge in [-0.1, -0.05) is 6.42 Å². The van der Waals surface area contributed by atoms with Crippen molar-refractivity contribution in [2.75, 3.05) is 43.2 Å². The summed E-state index contributed by atoms with van der Waals surface area (Å²) in [4.78, 5) is 29.0. The fourth-order valence-electron chi connectivity index (χ4n) is 4.65. The highest BCUT2D eigenvalue weighted by molar-refractivity contribution is 8.01. The highest BCUT2D eigenvalue weighted by Crippen LogP contribution is 2.47. The topological polar surface area (TPSA) is 90.0 Å². The van der Waals surface area contributed by atoms with E-state index >= 15 is 0 Å². The maximum Gasteiger partial charge on any atom is 0.248 e. The standard InChI is InChI=1S/C21H30N4O4S2/c1-21-10-9-19(26)25(21)18(14-30-21)20(27)22-16-13-15(7-8-17(16)23(2)3)31(28,29)24-11-5-4-6-12-24/h7-8,13,18H,4-6,9-12,14H2,1-3H3,(H,22,27)/t18-,21+/m1/s1. The van der Waals surface area contributed by atoms with Crippen molar-refractivity contribution < 1.29 is 18.0 Å². The highest BCUT2D eigenvalue weighted by atomic mass is 32.2. The van der Waals surface area contributed by atoms with Crippen LogP contribution in [0.1, 0.15) is 39.0 Å². The molecular weight excluding hydrogens is 436 g/mol. The summed E-state index contributed by atoms with van der Waals surface area (Å²) in [5, 5.41) is 2.93. The van der Waals surface area contributed by atoms with Gasteiger partial charge in [-0.2, -0.15) is 4.31 Å². The van der Waals surface area contributed by atoms with Crippen molar-refractivity contribution in [3.63, 3.8) is 0 Å². The number of sulfonamides is 1. The summed E-state index contributed by atoms with van der Waals surface area (Å²) in [5.74, 6) is 0.265. The van der Waals surface area contributed by atoms with E-state index in [1.807, 2.05) is 25.9 Å². The number of carbonyl (C=O) groups excluding carboxylic acids is 2. The van der Waals surface area contributed by atoms with E-state index in [1.54, 1.807) is 34.9 Å². The van der Waals surface area contributed by atoms with Gasteiger partial charge in [-0.15, -0.1) is 11.8 Å². The van der Waals surface area contributed by atoms with Gasteiger partial charge in [0.05, 0.1) is 21.1 Å². The van der Waals surface area contributed by atoms with Crippen LogP contribution in [0.15, 0.2) is 23.1 Å². The lowest BCUT2D eigenvalue weighted by Gasteiger charge is -2.30. The summed E-state index contributed by atoms with van der Waals surface area (Å²) in [5.41, 5.74) is 1.16. The second-order valence-electron chi connectivity index (χ2n) is 8.79. The number of amides is 2. The molecule has 1 N–H and O–H groups in total. The van der Waals surface area contributed by atoms with Gasteiger partial charge in [0.15, 0.2) is 0 Å². The molecule has 4 rings (SSSR count). The molecule has 0 unspecified atom stereocenters. The lowest BCUT2D eigenvalue weighted by molar-refractivity contribution is -0.135. The third kappa shape index (κ3) is 4.05. The molecule has 3 heterocycles. The Hall–Kier alpha value is -1.78. The Morgan fingerprint density at radius 2 is 1.94 bits per heavy atom. The van der Waals surface area contributed by atoms with Gasteiger partial charge in [0.2, 0.25) is 21.8 Å². The first-order valence-corrected chi connectivity index (χ1v) is 13.1. The van der Waals surface area contributed by atoms with Crippen molar-refractivity contribution in [3.05, 3.63) is 18.2 Å². The summed E-state index contributed by atoms with van der Waals surface area (Å²) in [6.07, 6.45) is 3.97. The third-order valence-corrected chi connectivity index (χ3v) is 9.81. The summed E-state index contributed by atoms with van der Waals surface area (Å²) in [6, 6.07) is 4.31. The third-order valence-electron chi connectivity index (χ3n) is 6.41. The lowest BCUT2D eigenvalue weighted by atomic mass is 10.2. The van der Waals surface area contributed by atoms with Gasteiger partial charge in [-0.25, -0.2) is 8.42 Å². The Kier molecular flexibility index (Phi) is 5.99. The van der Waals surface area contributed by atoms with Gasteiger partial charge < -0.3 is 15.1 Å². The quantitative estimate of drug-likeness (QED) is 0.716. The van der Waals surface area contributed by atoms with Crippen LogP contribution in [0.3, 0.4) is 0 Å². The van der Waals surface area contributed by atoms with Crippen LogP contribution in [0.5, 0.6) is 0 Å². The molecule has 1 aromatic carbocycles. The van der Waals surface area contributed by atoms with E-state index in [4.69, 9.17) is 0 Å². The summed E-state index contributed by atoms with van der Waals surface area (Å²) >= 11 is 1.63. The zero-order valence-electron chi connectivity index (χ0n) is 18.3. The van der Waals surface area contributed by atoms with Crippen LogP contribution in [0.2, 0.25) is 0 Å². The molecule has 2 atom stereocenters. The van der Waals surface area contributed by atoms with E-state index in [0.29, 0.717) is 36.6 Å². The molecule has 3 aliphatic heterocycles. The normalized spacial score (nSPS) is 26.7. The summed E-state index contributed by atoms with van der Waals surface area (Å²) in [6.45, 7) is 3.05. The van der Waals surface area contributed by atoms with Crippen LogP contribution < -0.4 is 10.2 Å². The first kappa shape index (κ1) is 22.4. The fraction of sp³-hybridized carbons (Fsp3) is 0.619. The molecule has 0 aromatic heterocycles. The SMILES string of the molecule is CN(C)c1ccc(S(=O)(=O)N2CCCCC2)cc1NC(=O)[C@H]1CS[C@@]2(C)CCC(=O)N12. The number of hydrogen-bond acceptors (Lipinski definition) is 6. The van der Waals surface area contributed by atoms with E-state index < -0.39 is 16.1 Å². The number of piperidine rings is 1. The molecule has 0 aliphatic carbocycles. The van der Waals surface area contributed by atoms with Crippen molar-refractivity contribution in [1.29, 1.82) is 0 Å². The first-order valence-electron chi connectivity index (χ1n) is 10.7. The van der Waals surface area contributed by atoms with Gasteiger partial charge in [0.25, 0.3) is 0 Å². The van der Waals surface area contributed by atoms with Crippen LogP contribution >= 0.6 is 11.8 Å². The van der Waals surface area contributed by atoms with E-state index in [9.17, 15) is 18.0 Å². The molecule has 3 saturated heterocycles. The first-order chi connectivity index (χ1) is 14.6. The average Bonchev–Trinajstić information content (AvgIpc) is 3.24. The Morgan fingerprint density at radius 1 is 1.23 bits per heavy atom. The average molecular weight is 467 g/mol. The summed E-state index contributed by atoms with van der Waals surface area (Å²) < 4.78 is 27.8. The number of carbonyl (C=O) groups is 2. The van der Waals surface area contributed by atoms with Gasteiger partial charge in [0, 0.05) is 39.4 Å². The molecule has 0 bridgehead atoms. The number of fused-ring (bicyclic) bond motifs is 1. The second-order valence-corrected chi connectivity index (χ2v) is 12.2. The molecule has 0 radical (unpaired) electrons. The van der Waals surface area contributed by atoms with Crippen molar-refractivity contribution in [3.8, 4) is 0 Å². The predicted molar refractivity (Wildman–Crippen MR) is 123 cm³/mol. The molecule has 0 saturated carbocycles. The Labute approximate surface area is 188 Å². The maximum absolute atomic E-state index is 13.2. The minimum Gasteiger partial charge on any atom is -0.376 e. The van der Waals surface area contributed by atoms with Crippen LogP contribution in [0.25, 0.3) is 0 Å². The lowest BCUT2D eigenvalue weighted by Crippen LogP contribution is -2.48. The molecule has 10 heteroatoms. The molecule has 0 spiro atoms. The van der Waals surface area contributed by atoms with E-state index in [2.05, 4.69) is 5.32 Å². The van der Waals surface area contributed by atoms with Crippen LogP contribution in [0.4, 0.5) is 11.4 Å². The molecular formula is C21H30N4O4S2. The van der Waals surface area contributed by atoms with Gasteiger partial charge >= 0.3 is 0 Å².